The average molecular weight is 1660 g/mol. The van der Waals surface area contributed by atoms with Gasteiger partial charge in [0.2, 0.25) is 53.5 Å². The summed E-state index contributed by atoms with van der Waals surface area (Å²) in [5.74, 6) is 6.97. The molecule has 0 saturated carbocycles. The van der Waals surface area contributed by atoms with Gasteiger partial charge in [-0.2, -0.15) is 44.9 Å². The number of rotatable bonds is 43. The van der Waals surface area contributed by atoms with Crippen LogP contribution >= 0.6 is 0 Å². The maximum Gasteiger partial charge on any atom is 0.232 e. The third-order valence-corrected chi connectivity index (χ3v) is 26.2. The van der Waals surface area contributed by atoms with E-state index >= 15 is 0 Å². The molecular formula is C95H180N24. The van der Waals surface area contributed by atoms with Crippen molar-refractivity contribution in [1.29, 1.82) is 0 Å². The van der Waals surface area contributed by atoms with E-state index in [-0.39, 0.29) is 109 Å². The second-order valence-corrected chi connectivity index (χ2v) is 46.2. The van der Waals surface area contributed by atoms with Gasteiger partial charge in [0, 0.05) is 162 Å². The lowest BCUT2D eigenvalue weighted by Gasteiger charge is -2.50. The van der Waals surface area contributed by atoms with Gasteiger partial charge in [0.15, 0.2) is 0 Å². The summed E-state index contributed by atoms with van der Waals surface area (Å²) in [7, 11) is 0. The Balaban J connectivity index is 1.12. The van der Waals surface area contributed by atoms with Gasteiger partial charge in [0.05, 0.1) is 0 Å². The Morgan fingerprint density at radius 1 is 0.244 bits per heavy atom. The van der Waals surface area contributed by atoms with Crippen LogP contribution < -0.4 is 77.3 Å². The van der Waals surface area contributed by atoms with Crippen molar-refractivity contribution in [2.24, 2.45) is 5.92 Å². The van der Waals surface area contributed by atoms with Crippen LogP contribution in [0, 0.1) is 5.92 Å². The third-order valence-electron chi connectivity index (χ3n) is 26.2. The minimum absolute atomic E-state index is 0.0634. The van der Waals surface area contributed by atoms with Crippen molar-refractivity contribution in [2.45, 2.75) is 490 Å². The van der Waals surface area contributed by atoms with Crippen LogP contribution in [0.5, 0.6) is 0 Å². The van der Waals surface area contributed by atoms with Crippen molar-refractivity contribution in [3.05, 3.63) is 0 Å². The molecule has 9 N–H and O–H groups in total. The van der Waals surface area contributed by atoms with Gasteiger partial charge < -0.3 is 77.3 Å². The topological polar surface area (TPSA) is 244 Å². The number of unbranched alkanes of at least 4 members (excludes halogenated alkanes) is 6. The molecule has 6 aliphatic rings. The van der Waals surface area contributed by atoms with Crippen LogP contribution in [0.1, 0.15) is 387 Å². The zero-order chi connectivity index (χ0) is 87.6. The number of anilines is 9. The molecule has 0 unspecified atom stereocenters. The first kappa shape index (κ1) is 97.8. The average Bonchev–Trinajstić information content (AvgIpc) is 0.782. The van der Waals surface area contributed by atoms with Crippen molar-refractivity contribution in [1.82, 2.24) is 76.8 Å². The first-order valence-corrected chi connectivity index (χ1v) is 48.2. The molecule has 0 spiro atoms. The SMILES string of the molecule is CCCCN(c1nc(NCCCC(CCCNc2nc(N(CCCC)C3CC(C)(C)NC(C)(C)C3)nc(N(CCCC)C3CC(C)(C)NC(C)(C)C3)n2)CNc2nc(N(CCCC)C3CC(C)(C)NC(C)(C)C3)nc(N(CCCC)C3CC(C)(C)NC(C)(C)C3)n2)nc(N(CCCC)C2CC(C)(C)NC(C)(C)C2)n1)C1CC(C)(C)NC(C)(C)C1. The van der Waals surface area contributed by atoms with Gasteiger partial charge >= 0.3 is 0 Å². The highest BCUT2D eigenvalue weighted by Gasteiger charge is 2.48. The molecule has 0 atom stereocenters. The highest BCUT2D eigenvalue weighted by atomic mass is 15.4. The van der Waals surface area contributed by atoms with Gasteiger partial charge in [0.1, 0.15) is 0 Å². The smallest absolute Gasteiger partial charge is 0.232 e. The Kier molecular flexibility index (Phi) is 33.0. The Morgan fingerprint density at radius 3 is 0.563 bits per heavy atom. The normalized spacial score (nSPS) is 22.6. The Labute approximate surface area is 726 Å². The molecule has 0 aromatic carbocycles. The van der Waals surface area contributed by atoms with Gasteiger partial charge in [-0.1, -0.05) is 80.1 Å². The molecule has 0 aliphatic carbocycles. The molecule has 9 heterocycles. The van der Waals surface area contributed by atoms with Crippen LogP contribution in [0.25, 0.3) is 0 Å². The maximum atomic E-state index is 5.75. The summed E-state index contributed by atoms with van der Waals surface area (Å²) in [4.78, 5) is 66.2. The first-order valence-electron chi connectivity index (χ1n) is 48.2. The van der Waals surface area contributed by atoms with Gasteiger partial charge in [-0.25, -0.2) is 0 Å². The van der Waals surface area contributed by atoms with E-state index in [1.54, 1.807) is 0 Å². The fourth-order valence-electron chi connectivity index (χ4n) is 23.4. The molecule has 0 bridgehead atoms. The lowest BCUT2D eigenvalue weighted by molar-refractivity contribution is 0.156. The van der Waals surface area contributed by atoms with Crippen LogP contribution in [0.15, 0.2) is 0 Å². The molecule has 24 heteroatoms. The number of nitrogens with one attached hydrogen (secondary N) is 9. The summed E-state index contributed by atoms with van der Waals surface area (Å²) in [5, 5.41) is 36.0. The second-order valence-electron chi connectivity index (χ2n) is 46.2. The highest BCUT2D eigenvalue weighted by Crippen LogP contribution is 2.43. The van der Waals surface area contributed by atoms with E-state index in [0.29, 0.717) is 37.5 Å². The summed E-state index contributed by atoms with van der Waals surface area (Å²) in [6.45, 7) is 78.1. The van der Waals surface area contributed by atoms with E-state index in [1.807, 2.05) is 0 Å². The van der Waals surface area contributed by atoms with Crippen LogP contribution in [-0.4, -0.2) is 206 Å². The van der Waals surface area contributed by atoms with E-state index < -0.39 is 0 Å². The van der Waals surface area contributed by atoms with Crippen LogP contribution in [0.4, 0.5) is 53.5 Å². The Bertz CT molecular complexity index is 3160. The van der Waals surface area contributed by atoms with E-state index in [1.165, 1.54) is 0 Å². The van der Waals surface area contributed by atoms with Crippen LogP contribution in [-0.2, 0) is 0 Å². The summed E-state index contributed by atoms with van der Waals surface area (Å²) < 4.78 is 0. The largest absolute Gasteiger partial charge is 0.354 e. The molecule has 680 valence electrons. The van der Waals surface area contributed by atoms with E-state index in [4.69, 9.17) is 44.9 Å². The predicted octanol–water partition coefficient (Wildman–Crippen LogP) is 18.5. The molecule has 6 saturated heterocycles. The summed E-state index contributed by atoms with van der Waals surface area (Å²) >= 11 is 0. The zero-order valence-corrected chi connectivity index (χ0v) is 81.9. The molecule has 0 amide bonds. The van der Waals surface area contributed by atoms with Crippen LogP contribution in [0.2, 0.25) is 0 Å². The second kappa shape index (κ2) is 40.1. The predicted molar refractivity (Wildman–Crippen MR) is 506 cm³/mol. The van der Waals surface area contributed by atoms with Crippen molar-refractivity contribution in [3.63, 3.8) is 0 Å². The summed E-state index contributed by atoms with van der Waals surface area (Å²) in [6.07, 6.45) is 28.4. The van der Waals surface area contributed by atoms with Crippen molar-refractivity contribution >= 4 is 53.5 Å². The number of nitrogens with zero attached hydrogens (tertiary/aromatic N) is 15. The number of aromatic nitrogens is 9. The summed E-state index contributed by atoms with van der Waals surface area (Å²) in [6, 6.07) is 1.45. The molecule has 6 fully saturated rings. The standard InChI is InChI=1S/C95H180N24/c1-31-37-49-114(69-55-84(7,8)108-85(9,10)56-69)78-99-75(100-79(105-78)115(50-38-32-2)70-57-86(11,12)109-87(13,14)58-70)96-47-43-45-68(67-98-77-103-82(118(53-41-35-5)73-63-92(23,24)112-93(25,26)64-73)107-83(104-77)119(54-42-36-6)74-65-94(27,28)113-95(29,30)66-74)46-44-48-97-76-101-80(116(51-39-33-3)71-59-88(15,16)110-89(17,18)60-71)106-81(102-76)117(52-40-34-4)72-61-90(19,20)111-91(21,22)62-72/h68-74,108-113H,31-67H2,1-30H3,(H,96,99,100,105)(H,97,101,102,106)(H,98,103,104,107). The molecule has 0 radical (unpaired) electrons. The van der Waals surface area contributed by atoms with Crippen LogP contribution in [0.3, 0.4) is 0 Å². The van der Waals surface area contributed by atoms with E-state index in [0.717, 1.165) is 255 Å². The third kappa shape index (κ3) is 29.3. The molecule has 6 aliphatic heterocycles. The van der Waals surface area contributed by atoms with E-state index in [9.17, 15) is 0 Å². The Morgan fingerprint density at radius 2 is 0.403 bits per heavy atom. The lowest BCUT2D eigenvalue weighted by atomic mass is 9.79. The first-order chi connectivity index (χ1) is 55.4. The quantitative estimate of drug-likeness (QED) is 0.0239. The van der Waals surface area contributed by atoms with Gasteiger partial charge in [-0.3, -0.25) is 0 Å². The highest BCUT2D eigenvalue weighted by molar-refractivity contribution is 5.51. The maximum absolute atomic E-state index is 5.75. The van der Waals surface area contributed by atoms with Crippen molar-refractivity contribution in [2.75, 3.05) is 104 Å². The van der Waals surface area contributed by atoms with Crippen molar-refractivity contribution in [3.8, 4) is 0 Å². The summed E-state index contributed by atoms with van der Waals surface area (Å²) in [5.41, 5.74) is -0.812. The molecular weight excluding hydrogens is 1480 g/mol. The fraction of sp³-hybridized carbons (Fsp3) is 0.905. The molecule has 119 heavy (non-hydrogen) atoms. The van der Waals surface area contributed by atoms with E-state index in [2.05, 4.69) is 285 Å². The lowest BCUT2D eigenvalue weighted by Crippen LogP contribution is -2.63. The zero-order valence-electron chi connectivity index (χ0n) is 81.9. The molecule has 9 rings (SSSR count). The van der Waals surface area contributed by atoms with Gasteiger partial charge in [0.25, 0.3) is 0 Å². The van der Waals surface area contributed by atoms with Crippen molar-refractivity contribution < 1.29 is 0 Å². The molecule has 3 aromatic heterocycles. The molecule has 3 aromatic rings. The monoisotopic (exact) mass is 1660 g/mol. The Hall–Kier alpha value is -5.01. The number of hydrogen-bond donors (Lipinski definition) is 9. The number of piperidine rings is 6. The van der Waals surface area contributed by atoms with Gasteiger partial charge in [-0.15, -0.1) is 0 Å². The molecule has 24 nitrogen and oxygen atoms in total. The number of hydrogen-bond acceptors (Lipinski definition) is 24. The fourth-order valence-corrected chi connectivity index (χ4v) is 23.4. The van der Waals surface area contributed by atoms with Gasteiger partial charge in [-0.05, 0) is 313 Å². The minimum atomic E-state index is -0.0761. The minimum Gasteiger partial charge on any atom is -0.354 e.